The zero-order chi connectivity index (χ0) is 20.6. The Hall–Kier alpha value is -3.65. The highest BCUT2D eigenvalue weighted by Crippen LogP contribution is 2.42. The summed E-state index contributed by atoms with van der Waals surface area (Å²) in [5.41, 5.74) is 4.52. The minimum absolute atomic E-state index is 0.151. The molecule has 3 N–H and O–H groups in total. The highest BCUT2D eigenvalue weighted by molar-refractivity contribution is 6.12. The summed E-state index contributed by atoms with van der Waals surface area (Å²) in [6.45, 7) is -0.225. The van der Waals surface area contributed by atoms with Crippen molar-refractivity contribution >= 4 is 29.4 Å². The van der Waals surface area contributed by atoms with E-state index in [9.17, 15) is 19.5 Å². The number of anilines is 1. The van der Waals surface area contributed by atoms with E-state index in [2.05, 4.69) is 0 Å². The van der Waals surface area contributed by atoms with E-state index < -0.39 is 29.6 Å². The zero-order valence-corrected chi connectivity index (χ0v) is 15.3. The molecular formula is C21H18N2O6. The van der Waals surface area contributed by atoms with E-state index in [4.69, 9.17) is 15.2 Å². The lowest BCUT2D eigenvalue weighted by molar-refractivity contribution is -0.141. The SMILES string of the molecule is NC(=O)CN1C(=O)[C@@](O)(CC(=O)/C=C/c2ccc3c(c2)OCO3)c2ccccc21. The molecule has 0 saturated carbocycles. The summed E-state index contributed by atoms with van der Waals surface area (Å²) in [5, 5.41) is 11.1. The van der Waals surface area contributed by atoms with Crippen LogP contribution in [0.15, 0.2) is 48.5 Å². The molecule has 0 saturated heterocycles. The van der Waals surface area contributed by atoms with Crippen molar-refractivity contribution in [2.75, 3.05) is 18.2 Å². The lowest BCUT2D eigenvalue weighted by Gasteiger charge is -2.21. The quantitative estimate of drug-likeness (QED) is 0.709. The Labute approximate surface area is 166 Å². The summed E-state index contributed by atoms with van der Waals surface area (Å²) in [7, 11) is 0. The maximum absolute atomic E-state index is 12.8. The summed E-state index contributed by atoms with van der Waals surface area (Å²) < 4.78 is 10.5. The summed E-state index contributed by atoms with van der Waals surface area (Å²) in [6, 6.07) is 11.7. The third-order valence-corrected chi connectivity index (χ3v) is 4.84. The molecule has 0 unspecified atom stereocenters. The van der Waals surface area contributed by atoms with E-state index in [1.165, 1.54) is 6.08 Å². The van der Waals surface area contributed by atoms with Gasteiger partial charge in [-0.2, -0.15) is 0 Å². The molecule has 0 radical (unpaired) electrons. The van der Waals surface area contributed by atoms with Gasteiger partial charge in [-0.15, -0.1) is 0 Å². The number of allylic oxidation sites excluding steroid dienone is 1. The Morgan fingerprint density at radius 3 is 2.72 bits per heavy atom. The van der Waals surface area contributed by atoms with E-state index in [-0.39, 0.29) is 18.9 Å². The lowest BCUT2D eigenvalue weighted by atomic mass is 9.89. The number of hydrogen-bond donors (Lipinski definition) is 2. The molecule has 0 spiro atoms. The van der Waals surface area contributed by atoms with Gasteiger partial charge in [0, 0.05) is 5.56 Å². The second-order valence-corrected chi connectivity index (χ2v) is 6.82. The second kappa shape index (κ2) is 7.06. The fraction of sp³-hybridized carbons (Fsp3) is 0.190. The molecule has 2 aliphatic heterocycles. The molecule has 148 valence electrons. The number of nitrogens with zero attached hydrogens (tertiary/aromatic N) is 1. The number of aliphatic hydroxyl groups is 1. The van der Waals surface area contributed by atoms with Crippen LogP contribution in [-0.2, 0) is 20.0 Å². The number of para-hydroxylation sites is 1. The van der Waals surface area contributed by atoms with Crippen LogP contribution in [0.5, 0.6) is 11.5 Å². The average molecular weight is 394 g/mol. The van der Waals surface area contributed by atoms with Gasteiger partial charge in [-0.1, -0.05) is 30.3 Å². The molecule has 0 bridgehead atoms. The monoisotopic (exact) mass is 394 g/mol. The first-order chi connectivity index (χ1) is 13.9. The van der Waals surface area contributed by atoms with Crippen LogP contribution in [0.1, 0.15) is 17.5 Å². The average Bonchev–Trinajstić information content (AvgIpc) is 3.24. The Morgan fingerprint density at radius 2 is 1.93 bits per heavy atom. The number of benzene rings is 2. The van der Waals surface area contributed by atoms with Gasteiger partial charge in [0.25, 0.3) is 5.91 Å². The molecule has 0 aliphatic carbocycles. The lowest BCUT2D eigenvalue weighted by Crippen LogP contribution is -2.44. The Balaban J connectivity index is 1.55. The van der Waals surface area contributed by atoms with Crippen LogP contribution in [0.2, 0.25) is 0 Å². The van der Waals surface area contributed by atoms with Gasteiger partial charge in [0.15, 0.2) is 22.9 Å². The maximum atomic E-state index is 12.8. The highest BCUT2D eigenvalue weighted by Gasteiger charge is 2.50. The summed E-state index contributed by atoms with van der Waals surface area (Å²) in [4.78, 5) is 37.8. The van der Waals surface area contributed by atoms with E-state index in [1.54, 1.807) is 48.5 Å². The predicted molar refractivity (Wildman–Crippen MR) is 103 cm³/mol. The van der Waals surface area contributed by atoms with Gasteiger partial charge < -0.3 is 20.3 Å². The summed E-state index contributed by atoms with van der Waals surface area (Å²) in [6.07, 6.45) is 2.40. The minimum Gasteiger partial charge on any atom is -0.454 e. The van der Waals surface area contributed by atoms with Gasteiger partial charge >= 0.3 is 0 Å². The number of rotatable bonds is 6. The highest BCUT2D eigenvalue weighted by atomic mass is 16.7. The van der Waals surface area contributed by atoms with Crippen LogP contribution in [0.3, 0.4) is 0 Å². The third kappa shape index (κ3) is 3.34. The molecule has 2 heterocycles. The Bertz CT molecular complexity index is 1050. The van der Waals surface area contributed by atoms with Crippen LogP contribution < -0.4 is 20.1 Å². The van der Waals surface area contributed by atoms with Crippen molar-refractivity contribution in [1.82, 2.24) is 0 Å². The zero-order valence-electron chi connectivity index (χ0n) is 15.3. The van der Waals surface area contributed by atoms with Crippen LogP contribution in [0.4, 0.5) is 5.69 Å². The van der Waals surface area contributed by atoms with Crippen molar-refractivity contribution in [2.24, 2.45) is 5.73 Å². The molecule has 4 rings (SSSR count). The molecule has 0 fully saturated rings. The first-order valence-corrected chi connectivity index (χ1v) is 8.91. The number of ether oxygens (including phenoxy) is 2. The number of carbonyl (C=O) groups excluding carboxylic acids is 3. The molecule has 2 aromatic carbocycles. The van der Waals surface area contributed by atoms with Crippen molar-refractivity contribution < 1.29 is 29.0 Å². The number of amides is 2. The second-order valence-electron chi connectivity index (χ2n) is 6.82. The van der Waals surface area contributed by atoms with Crippen molar-refractivity contribution in [3.8, 4) is 11.5 Å². The summed E-state index contributed by atoms with van der Waals surface area (Å²) in [5.74, 6) is -0.700. The largest absolute Gasteiger partial charge is 0.454 e. The maximum Gasteiger partial charge on any atom is 0.264 e. The molecule has 2 amide bonds. The first-order valence-electron chi connectivity index (χ1n) is 8.91. The van der Waals surface area contributed by atoms with Crippen LogP contribution in [0, 0.1) is 0 Å². The first kappa shape index (κ1) is 18.7. The standard InChI is InChI=1S/C21H18N2O6/c22-19(25)11-23-16-4-2-1-3-15(16)21(27,20(23)26)10-14(24)7-5-13-6-8-17-18(9-13)29-12-28-17/h1-9,27H,10-12H2,(H2,22,25)/b7-5+/t21-/m1/s1. The van der Waals surface area contributed by atoms with Crippen molar-refractivity contribution in [1.29, 1.82) is 0 Å². The van der Waals surface area contributed by atoms with Gasteiger partial charge in [-0.25, -0.2) is 0 Å². The topological polar surface area (TPSA) is 119 Å². The molecule has 8 heteroatoms. The van der Waals surface area contributed by atoms with E-state index in [1.807, 2.05) is 0 Å². The molecule has 0 aromatic heterocycles. The minimum atomic E-state index is -2.05. The molecule has 2 aliphatic rings. The number of carbonyl (C=O) groups is 3. The smallest absolute Gasteiger partial charge is 0.264 e. The predicted octanol–water partition coefficient (Wildman–Crippen LogP) is 1.11. The number of ketones is 1. The van der Waals surface area contributed by atoms with E-state index in [0.29, 0.717) is 22.7 Å². The number of primary amides is 1. The van der Waals surface area contributed by atoms with Crippen molar-refractivity contribution in [3.63, 3.8) is 0 Å². The van der Waals surface area contributed by atoms with Gasteiger partial charge in [0.2, 0.25) is 12.7 Å². The molecular weight excluding hydrogens is 376 g/mol. The van der Waals surface area contributed by atoms with Crippen molar-refractivity contribution in [2.45, 2.75) is 12.0 Å². The van der Waals surface area contributed by atoms with E-state index in [0.717, 1.165) is 4.90 Å². The molecule has 8 nitrogen and oxygen atoms in total. The van der Waals surface area contributed by atoms with E-state index >= 15 is 0 Å². The molecule has 1 atom stereocenters. The van der Waals surface area contributed by atoms with Gasteiger partial charge in [0.05, 0.1) is 12.1 Å². The third-order valence-electron chi connectivity index (χ3n) is 4.84. The van der Waals surface area contributed by atoms with Crippen LogP contribution >= 0.6 is 0 Å². The van der Waals surface area contributed by atoms with Crippen LogP contribution in [0.25, 0.3) is 6.08 Å². The van der Waals surface area contributed by atoms with Gasteiger partial charge in [-0.05, 0) is 29.8 Å². The molecule has 2 aromatic rings. The summed E-state index contributed by atoms with van der Waals surface area (Å²) >= 11 is 0. The van der Waals surface area contributed by atoms with Crippen LogP contribution in [-0.4, -0.2) is 36.0 Å². The fourth-order valence-corrected chi connectivity index (χ4v) is 3.51. The molecule has 29 heavy (non-hydrogen) atoms. The number of nitrogens with two attached hydrogens (primary N) is 1. The number of fused-ring (bicyclic) bond motifs is 2. The normalized spacial score (nSPS) is 19.6. The Morgan fingerprint density at radius 1 is 1.17 bits per heavy atom. The van der Waals surface area contributed by atoms with Gasteiger partial charge in [-0.3, -0.25) is 19.3 Å². The van der Waals surface area contributed by atoms with Crippen molar-refractivity contribution in [3.05, 3.63) is 59.7 Å². The number of hydrogen-bond acceptors (Lipinski definition) is 6. The van der Waals surface area contributed by atoms with Gasteiger partial charge in [0.1, 0.15) is 6.54 Å². The Kier molecular flexibility index (Phi) is 4.56. The fourth-order valence-electron chi connectivity index (χ4n) is 3.51.